The van der Waals surface area contributed by atoms with Gasteiger partial charge in [-0.2, -0.15) is 0 Å². The zero-order valence-corrected chi connectivity index (χ0v) is 7.56. The van der Waals surface area contributed by atoms with E-state index in [2.05, 4.69) is 6.58 Å². The minimum atomic E-state index is -0.0515. The molecule has 1 fully saturated rings. The summed E-state index contributed by atoms with van der Waals surface area (Å²) in [5.41, 5.74) is 8.42. The van der Waals surface area contributed by atoms with Crippen LogP contribution < -0.4 is 5.73 Å². The second-order valence-corrected chi connectivity index (χ2v) is 3.43. The lowest BCUT2D eigenvalue weighted by Crippen LogP contribution is -2.34. The van der Waals surface area contributed by atoms with Crippen LogP contribution in [0.4, 0.5) is 0 Å². The Labute approximate surface area is 73.7 Å². The number of hydrogen-bond donors (Lipinski definition) is 2. The van der Waals surface area contributed by atoms with Gasteiger partial charge in [0, 0.05) is 6.04 Å². The smallest absolute Gasteiger partial charge is 0.0513 e. The van der Waals surface area contributed by atoms with Crippen molar-refractivity contribution in [3.8, 4) is 0 Å². The van der Waals surface area contributed by atoms with Gasteiger partial charge in [0.25, 0.3) is 0 Å². The summed E-state index contributed by atoms with van der Waals surface area (Å²) in [7, 11) is 0. The Morgan fingerprint density at radius 2 is 2.42 bits per heavy atom. The summed E-state index contributed by atoms with van der Waals surface area (Å²) in [6.45, 7) is 5.74. The van der Waals surface area contributed by atoms with Gasteiger partial charge in [-0.1, -0.05) is 18.2 Å². The van der Waals surface area contributed by atoms with Crippen LogP contribution in [0.5, 0.6) is 0 Å². The van der Waals surface area contributed by atoms with Crippen molar-refractivity contribution in [1.82, 2.24) is 0 Å². The van der Waals surface area contributed by atoms with Crippen molar-refractivity contribution in [3.05, 3.63) is 23.8 Å². The number of rotatable bonds is 1. The maximum atomic E-state index is 7.71. The minimum Gasteiger partial charge on any atom is -0.323 e. The predicted octanol–water partition coefficient (Wildman–Crippen LogP) is 2.02. The summed E-state index contributed by atoms with van der Waals surface area (Å²) in [4.78, 5) is 0. The van der Waals surface area contributed by atoms with Crippen molar-refractivity contribution >= 4 is 5.71 Å². The van der Waals surface area contributed by atoms with Gasteiger partial charge in [-0.15, -0.1) is 0 Å². The van der Waals surface area contributed by atoms with Crippen LogP contribution in [0.1, 0.15) is 26.2 Å². The number of nitrogens with one attached hydrogen (secondary N) is 1. The third-order valence-electron chi connectivity index (χ3n) is 2.10. The molecule has 0 heterocycles. The second-order valence-electron chi connectivity index (χ2n) is 3.43. The number of nitrogens with two attached hydrogens (primary N) is 1. The highest BCUT2D eigenvalue weighted by Gasteiger charge is 2.18. The van der Waals surface area contributed by atoms with E-state index in [-0.39, 0.29) is 6.04 Å². The zero-order valence-electron chi connectivity index (χ0n) is 7.56. The van der Waals surface area contributed by atoms with Gasteiger partial charge in [-0.3, -0.25) is 0 Å². The minimum absolute atomic E-state index is 0.0515. The van der Waals surface area contributed by atoms with Gasteiger partial charge in [0.05, 0.1) is 5.71 Å². The highest BCUT2D eigenvalue weighted by atomic mass is 14.7. The van der Waals surface area contributed by atoms with E-state index in [4.69, 9.17) is 11.1 Å². The lowest BCUT2D eigenvalue weighted by Gasteiger charge is -2.21. The van der Waals surface area contributed by atoms with Gasteiger partial charge in [-0.25, -0.2) is 0 Å². The Hall–Kier alpha value is -0.890. The third-order valence-corrected chi connectivity index (χ3v) is 2.10. The third kappa shape index (κ3) is 2.05. The number of hydrogen-bond acceptors (Lipinski definition) is 2. The van der Waals surface area contributed by atoms with Crippen LogP contribution >= 0.6 is 0 Å². The summed E-state index contributed by atoms with van der Waals surface area (Å²) in [5.74, 6) is 0. The Morgan fingerprint density at radius 3 is 3.00 bits per heavy atom. The summed E-state index contributed by atoms with van der Waals surface area (Å²) in [6, 6.07) is -0.0515. The monoisotopic (exact) mass is 164 g/mol. The van der Waals surface area contributed by atoms with Crippen molar-refractivity contribution in [1.29, 1.82) is 5.41 Å². The molecule has 2 nitrogen and oxygen atoms in total. The first kappa shape index (κ1) is 9.20. The first-order chi connectivity index (χ1) is 5.61. The summed E-state index contributed by atoms with van der Waals surface area (Å²) in [6.07, 6.45) is 5.01. The van der Waals surface area contributed by atoms with Crippen molar-refractivity contribution < 1.29 is 0 Å². The highest BCUT2D eigenvalue weighted by molar-refractivity contribution is 6.02. The molecule has 0 aromatic rings. The highest BCUT2D eigenvalue weighted by Crippen LogP contribution is 2.20. The average Bonchev–Trinajstić information content (AvgIpc) is 1.98. The molecule has 66 valence electrons. The van der Waals surface area contributed by atoms with E-state index >= 15 is 0 Å². The average molecular weight is 164 g/mol. The Morgan fingerprint density at radius 1 is 1.75 bits per heavy atom. The molecule has 0 aliphatic heterocycles. The fourth-order valence-electron chi connectivity index (χ4n) is 1.48. The summed E-state index contributed by atoms with van der Waals surface area (Å²) < 4.78 is 0. The molecule has 1 atom stereocenters. The van der Waals surface area contributed by atoms with E-state index in [9.17, 15) is 0 Å². The quantitative estimate of drug-likeness (QED) is 0.612. The SMILES string of the molecule is C=C(C)/C=C1/CCC[C@H](N)C1=N. The summed E-state index contributed by atoms with van der Waals surface area (Å²) >= 11 is 0. The molecular weight excluding hydrogens is 148 g/mol. The van der Waals surface area contributed by atoms with Crippen molar-refractivity contribution in [3.63, 3.8) is 0 Å². The van der Waals surface area contributed by atoms with Crippen molar-refractivity contribution in [2.24, 2.45) is 5.73 Å². The van der Waals surface area contributed by atoms with Gasteiger partial charge < -0.3 is 11.1 Å². The van der Waals surface area contributed by atoms with Gasteiger partial charge in [0.2, 0.25) is 0 Å². The van der Waals surface area contributed by atoms with Crippen LogP contribution in [0.25, 0.3) is 0 Å². The molecule has 0 aromatic heterocycles. The van der Waals surface area contributed by atoms with Crippen molar-refractivity contribution in [2.45, 2.75) is 32.2 Å². The van der Waals surface area contributed by atoms with E-state index in [0.717, 1.165) is 30.4 Å². The molecule has 1 aliphatic carbocycles. The fourth-order valence-corrected chi connectivity index (χ4v) is 1.48. The van der Waals surface area contributed by atoms with E-state index < -0.39 is 0 Å². The molecule has 0 amide bonds. The number of allylic oxidation sites excluding steroid dienone is 2. The van der Waals surface area contributed by atoms with Gasteiger partial charge in [0.1, 0.15) is 0 Å². The van der Waals surface area contributed by atoms with Crippen molar-refractivity contribution in [2.75, 3.05) is 0 Å². The molecule has 12 heavy (non-hydrogen) atoms. The van der Waals surface area contributed by atoms with Crippen LogP contribution in [-0.4, -0.2) is 11.8 Å². The molecule has 0 saturated heterocycles. The molecule has 0 spiro atoms. The van der Waals surface area contributed by atoms with E-state index in [1.165, 1.54) is 0 Å². The standard InChI is InChI=1S/C10H16N2/c1-7(2)6-8-4-3-5-9(11)10(8)12/h6,9,12H,1,3-5,11H2,2H3/b8-6-,12-10?/t9-/m0/s1. The summed E-state index contributed by atoms with van der Waals surface area (Å²) in [5, 5.41) is 7.71. The largest absolute Gasteiger partial charge is 0.323 e. The van der Waals surface area contributed by atoms with E-state index in [1.807, 2.05) is 13.0 Å². The molecule has 0 bridgehead atoms. The topological polar surface area (TPSA) is 49.9 Å². The Bertz CT molecular complexity index is 238. The van der Waals surface area contributed by atoms with Gasteiger partial charge in [-0.05, 0) is 31.8 Å². The Kier molecular flexibility index (Phi) is 2.82. The second kappa shape index (κ2) is 3.68. The van der Waals surface area contributed by atoms with Crippen LogP contribution in [0.15, 0.2) is 23.8 Å². The van der Waals surface area contributed by atoms with E-state index in [1.54, 1.807) is 0 Å². The molecule has 2 heteroatoms. The first-order valence-corrected chi connectivity index (χ1v) is 4.31. The lowest BCUT2D eigenvalue weighted by molar-refractivity contribution is 0.655. The molecule has 1 rings (SSSR count). The molecule has 1 aliphatic rings. The molecule has 0 aromatic carbocycles. The lowest BCUT2D eigenvalue weighted by atomic mass is 9.88. The van der Waals surface area contributed by atoms with Crippen LogP contribution in [0, 0.1) is 5.41 Å². The molecule has 0 radical (unpaired) electrons. The van der Waals surface area contributed by atoms with Crippen LogP contribution in [0.2, 0.25) is 0 Å². The normalized spacial score (nSPS) is 27.7. The molecule has 1 saturated carbocycles. The van der Waals surface area contributed by atoms with Crippen LogP contribution in [-0.2, 0) is 0 Å². The molecule has 3 N–H and O–H groups in total. The molecule has 0 unspecified atom stereocenters. The Balaban J connectivity index is 2.77. The molecular formula is C10H16N2. The fraction of sp³-hybridized carbons (Fsp3) is 0.500. The zero-order chi connectivity index (χ0) is 9.14. The van der Waals surface area contributed by atoms with Crippen LogP contribution in [0.3, 0.4) is 0 Å². The maximum Gasteiger partial charge on any atom is 0.0513 e. The van der Waals surface area contributed by atoms with Gasteiger partial charge >= 0.3 is 0 Å². The maximum absolute atomic E-state index is 7.71. The van der Waals surface area contributed by atoms with E-state index in [0.29, 0.717) is 5.71 Å². The van der Waals surface area contributed by atoms with Gasteiger partial charge in [0.15, 0.2) is 0 Å². The predicted molar refractivity (Wildman–Crippen MR) is 52.5 cm³/mol. The first-order valence-electron chi connectivity index (χ1n) is 4.31.